The van der Waals surface area contributed by atoms with E-state index in [1.54, 1.807) is 31.3 Å². The van der Waals surface area contributed by atoms with Gasteiger partial charge in [-0.3, -0.25) is 9.59 Å². The molecule has 1 aliphatic heterocycles. The van der Waals surface area contributed by atoms with Crippen LogP contribution in [-0.4, -0.2) is 73.4 Å². The summed E-state index contributed by atoms with van der Waals surface area (Å²) >= 11 is 0. The third kappa shape index (κ3) is 4.67. The van der Waals surface area contributed by atoms with E-state index >= 15 is 0 Å². The number of ketones is 1. The lowest BCUT2D eigenvalue weighted by atomic mass is 9.99. The van der Waals surface area contributed by atoms with E-state index in [1.807, 2.05) is 19.1 Å². The number of ether oxygens (including phenoxy) is 2. The van der Waals surface area contributed by atoms with Gasteiger partial charge in [-0.1, -0.05) is 29.8 Å². The summed E-state index contributed by atoms with van der Waals surface area (Å²) in [7, 11) is 1.61. The molecule has 0 unspecified atom stereocenters. The molecular weight excluding hydrogens is 410 g/mol. The molecule has 10 nitrogen and oxygen atoms in total. The van der Waals surface area contributed by atoms with Crippen LogP contribution in [-0.2, 0) is 32.5 Å². The van der Waals surface area contributed by atoms with Gasteiger partial charge in [0.2, 0.25) is 12.1 Å². The van der Waals surface area contributed by atoms with Gasteiger partial charge in [-0.2, -0.15) is 0 Å². The summed E-state index contributed by atoms with van der Waals surface area (Å²) in [5, 5.41) is 38.5. The largest absolute Gasteiger partial charge is 0.479 e. The first-order chi connectivity index (χ1) is 14.6. The number of carbonyl (C=O) groups excluding carboxylic acids is 2. The highest BCUT2D eigenvalue weighted by Crippen LogP contribution is 2.23. The quantitative estimate of drug-likeness (QED) is 0.350. The summed E-state index contributed by atoms with van der Waals surface area (Å²) in [5.74, 6) is -2.69. The van der Waals surface area contributed by atoms with Crippen molar-refractivity contribution in [2.45, 2.75) is 44.1 Å². The summed E-state index contributed by atoms with van der Waals surface area (Å²) in [6.07, 6.45) is -9.54. The lowest BCUT2D eigenvalue weighted by Gasteiger charge is -2.37. The first-order valence-electron chi connectivity index (χ1n) is 9.48. The van der Waals surface area contributed by atoms with Crippen molar-refractivity contribution in [2.75, 3.05) is 0 Å². The zero-order chi connectivity index (χ0) is 22.9. The number of aliphatic carboxylic acids is 1. The second-order valence-electron chi connectivity index (χ2n) is 7.37. The van der Waals surface area contributed by atoms with Crippen LogP contribution in [0.1, 0.15) is 27.3 Å². The van der Waals surface area contributed by atoms with Crippen LogP contribution >= 0.6 is 0 Å². The molecule has 0 amide bonds. The van der Waals surface area contributed by atoms with Crippen LogP contribution in [0.5, 0.6) is 0 Å². The Labute approximate surface area is 177 Å². The number of carboxylic acid groups (broad SMARTS) is 1. The molecule has 0 aliphatic carbocycles. The first-order valence-corrected chi connectivity index (χ1v) is 9.48. The van der Waals surface area contributed by atoms with Gasteiger partial charge in [0.25, 0.3) is 0 Å². The fourth-order valence-electron chi connectivity index (χ4n) is 3.28. The van der Waals surface area contributed by atoms with Crippen LogP contribution in [0.25, 0.3) is 0 Å². The summed E-state index contributed by atoms with van der Waals surface area (Å²) < 4.78 is 11.4. The molecule has 166 valence electrons. The molecule has 1 aromatic carbocycles. The van der Waals surface area contributed by atoms with E-state index in [1.165, 1.54) is 4.57 Å². The van der Waals surface area contributed by atoms with Crippen molar-refractivity contribution in [1.82, 2.24) is 4.57 Å². The third-order valence-electron chi connectivity index (χ3n) is 5.16. The molecule has 5 atom stereocenters. The first kappa shape index (κ1) is 22.6. The second kappa shape index (κ2) is 8.98. The number of esters is 1. The number of rotatable bonds is 6. The molecule has 4 N–H and O–H groups in total. The van der Waals surface area contributed by atoms with Crippen molar-refractivity contribution >= 4 is 17.7 Å². The lowest BCUT2D eigenvalue weighted by molar-refractivity contribution is -0.286. The van der Waals surface area contributed by atoms with Crippen molar-refractivity contribution in [2.24, 2.45) is 7.05 Å². The highest BCUT2D eigenvalue weighted by molar-refractivity contribution is 6.08. The maximum absolute atomic E-state index is 12.7. The molecule has 1 saturated heterocycles. The van der Waals surface area contributed by atoms with Gasteiger partial charge in [0.05, 0.1) is 12.1 Å². The molecule has 31 heavy (non-hydrogen) atoms. The zero-order valence-corrected chi connectivity index (χ0v) is 16.8. The van der Waals surface area contributed by atoms with E-state index < -0.39 is 42.6 Å². The van der Waals surface area contributed by atoms with Crippen molar-refractivity contribution in [1.29, 1.82) is 0 Å². The Bertz CT molecular complexity index is 981. The minimum absolute atomic E-state index is 0.227. The van der Waals surface area contributed by atoms with Gasteiger partial charge in [0.15, 0.2) is 6.10 Å². The SMILES string of the molecule is Cc1ccc(C(=O)c2ccc(CC(=O)O[C@@H]3O[C@H](C(=O)O)[C@@H](O)[C@H](O)[C@H]3O)n2C)cc1. The number of hydrogen-bond acceptors (Lipinski definition) is 8. The van der Waals surface area contributed by atoms with Crippen LogP contribution in [0.4, 0.5) is 0 Å². The average Bonchev–Trinajstić information content (AvgIpc) is 3.08. The summed E-state index contributed by atoms with van der Waals surface area (Å²) in [4.78, 5) is 36.2. The summed E-state index contributed by atoms with van der Waals surface area (Å²) in [5.41, 5.74) is 2.29. The Kier molecular flexibility index (Phi) is 6.56. The molecule has 0 saturated carbocycles. The average molecular weight is 433 g/mol. The summed E-state index contributed by atoms with van der Waals surface area (Å²) in [6, 6.07) is 10.2. The number of aromatic nitrogens is 1. The Morgan fingerprint density at radius 1 is 1.00 bits per heavy atom. The molecule has 0 spiro atoms. The molecule has 1 fully saturated rings. The molecular formula is C21H23NO9. The van der Waals surface area contributed by atoms with Crippen molar-refractivity contribution in [3.8, 4) is 0 Å². The maximum atomic E-state index is 12.7. The molecule has 2 aromatic rings. The number of carbonyl (C=O) groups is 3. The molecule has 2 heterocycles. The second-order valence-corrected chi connectivity index (χ2v) is 7.37. The van der Waals surface area contributed by atoms with Crippen LogP contribution < -0.4 is 0 Å². The molecule has 10 heteroatoms. The molecule has 0 bridgehead atoms. The number of aryl methyl sites for hydroxylation is 1. The molecule has 0 radical (unpaired) electrons. The van der Waals surface area contributed by atoms with Crippen molar-refractivity contribution < 1.29 is 44.3 Å². The van der Waals surface area contributed by atoms with Gasteiger partial charge >= 0.3 is 11.9 Å². The number of benzene rings is 1. The number of aliphatic hydroxyl groups excluding tert-OH is 3. The topological polar surface area (TPSA) is 156 Å². The predicted molar refractivity (Wildman–Crippen MR) is 104 cm³/mol. The number of aliphatic hydroxyl groups is 3. The van der Waals surface area contributed by atoms with E-state index in [4.69, 9.17) is 14.6 Å². The zero-order valence-electron chi connectivity index (χ0n) is 16.8. The Morgan fingerprint density at radius 3 is 2.26 bits per heavy atom. The smallest absolute Gasteiger partial charge is 0.335 e. The minimum atomic E-state index is -1.88. The van der Waals surface area contributed by atoms with Crippen molar-refractivity contribution in [3.05, 3.63) is 58.9 Å². The van der Waals surface area contributed by atoms with Gasteiger partial charge in [0.1, 0.15) is 18.3 Å². The summed E-state index contributed by atoms with van der Waals surface area (Å²) in [6.45, 7) is 1.91. The van der Waals surface area contributed by atoms with Gasteiger partial charge in [-0.25, -0.2) is 4.79 Å². The van der Waals surface area contributed by atoms with E-state index in [0.717, 1.165) is 5.56 Å². The standard InChI is InChI=1S/C21H23NO9/c1-10-3-5-11(6-4-10)15(24)13-8-7-12(22(13)2)9-14(23)30-21-18(27)16(25)17(26)19(31-21)20(28)29/h3-8,16-19,21,25-27H,9H2,1-2H3,(H,28,29)/t16-,17-,18+,19-,21+/m0/s1. The minimum Gasteiger partial charge on any atom is -0.479 e. The van der Waals surface area contributed by atoms with Gasteiger partial charge < -0.3 is 34.5 Å². The number of nitrogens with zero attached hydrogens (tertiary/aromatic N) is 1. The van der Waals surface area contributed by atoms with Crippen molar-refractivity contribution in [3.63, 3.8) is 0 Å². The van der Waals surface area contributed by atoms with Gasteiger partial charge in [0, 0.05) is 18.3 Å². The Morgan fingerprint density at radius 2 is 1.65 bits per heavy atom. The van der Waals surface area contributed by atoms with E-state index in [-0.39, 0.29) is 12.2 Å². The van der Waals surface area contributed by atoms with E-state index in [0.29, 0.717) is 17.0 Å². The highest BCUT2D eigenvalue weighted by Gasteiger charge is 2.48. The fourth-order valence-corrected chi connectivity index (χ4v) is 3.28. The molecule has 3 rings (SSSR count). The maximum Gasteiger partial charge on any atom is 0.335 e. The van der Waals surface area contributed by atoms with E-state index in [9.17, 15) is 29.7 Å². The fraction of sp³-hybridized carbons (Fsp3) is 0.381. The molecule has 1 aromatic heterocycles. The molecule has 1 aliphatic rings. The highest BCUT2D eigenvalue weighted by atomic mass is 16.7. The van der Waals surface area contributed by atoms with Crippen LogP contribution in [0.3, 0.4) is 0 Å². The third-order valence-corrected chi connectivity index (χ3v) is 5.16. The van der Waals surface area contributed by atoms with Crippen LogP contribution in [0.2, 0.25) is 0 Å². The Balaban J connectivity index is 1.69. The lowest BCUT2D eigenvalue weighted by Crippen LogP contribution is -2.60. The normalized spacial score (nSPS) is 25.8. The number of carboxylic acids is 1. The monoisotopic (exact) mass is 433 g/mol. The Hall–Kier alpha value is -3.05. The van der Waals surface area contributed by atoms with Gasteiger partial charge in [-0.05, 0) is 19.1 Å². The van der Waals surface area contributed by atoms with E-state index in [2.05, 4.69) is 0 Å². The van der Waals surface area contributed by atoms with Crippen LogP contribution in [0.15, 0.2) is 36.4 Å². The predicted octanol–water partition coefficient (Wildman–Crippen LogP) is -0.458. The van der Waals surface area contributed by atoms with Gasteiger partial charge in [-0.15, -0.1) is 0 Å². The number of hydrogen-bond donors (Lipinski definition) is 4. The van der Waals surface area contributed by atoms with Crippen LogP contribution in [0, 0.1) is 6.92 Å².